The molecule has 0 unspecified atom stereocenters. The number of rotatable bonds is 2. The number of aromatic nitrogens is 1. The molecule has 1 heterocycles. The summed E-state index contributed by atoms with van der Waals surface area (Å²) < 4.78 is 1.58. The largest absolute Gasteiger partial charge is 0.328 e. The minimum Gasteiger partial charge on any atom is -0.318 e. The van der Waals surface area contributed by atoms with Crippen LogP contribution in [0.15, 0.2) is 42.5 Å². The number of amides is 2. The molecule has 0 aliphatic carbocycles. The molecule has 1 aromatic carbocycles. The lowest BCUT2D eigenvalue weighted by Gasteiger charge is -2.11. The third kappa shape index (κ3) is 3.01. The highest BCUT2D eigenvalue weighted by atomic mass is 16.2. The topological polar surface area (TPSA) is 63.1 Å². The fraction of sp³-hybridized carbons (Fsp3) is 0.143. The van der Waals surface area contributed by atoms with Gasteiger partial charge in [0.05, 0.1) is 0 Å². The second-order valence-corrected chi connectivity index (χ2v) is 4.21. The summed E-state index contributed by atoms with van der Waals surface area (Å²) >= 11 is 0. The van der Waals surface area contributed by atoms with E-state index >= 15 is 0 Å². The van der Waals surface area contributed by atoms with Crippen molar-refractivity contribution in [2.24, 2.45) is 0 Å². The first-order valence-electron chi connectivity index (χ1n) is 5.90. The van der Waals surface area contributed by atoms with Gasteiger partial charge in [-0.2, -0.15) is 0 Å². The van der Waals surface area contributed by atoms with Gasteiger partial charge in [0.25, 0.3) is 0 Å². The van der Waals surface area contributed by atoms with Gasteiger partial charge in [-0.15, -0.1) is 0 Å². The molecule has 0 radical (unpaired) electrons. The Bertz CT molecular complexity index is 583. The zero-order valence-corrected chi connectivity index (χ0v) is 10.8. The Morgan fingerprint density at radius 2 is 1.47 bits per heavy atom. The zero-order valence-electron chi connectivity index (χ0n) is 10.8. The van der Waals surface area contributed by atoms with E-state index in [-0.39, 0.29) is 0 Å². The molecule has 2 aromatic rings. The molecule has 0 spiro atoms. The molecule has 2 rings (SSSR count). The number of aryl methyl sites for hydroxylation is 2. The molecule has 0 fully saturated rings. The van der Waals surface area contributed by atoms with Crippen molar-refractivity contribution in [1.29, 1.82) is 0 Å². The third-order valence-electron chi connectivity index (χ3n) is 2.72. The highest BCUT2D eigenvalue weighted by Crippen LogP contribution is 2.06. The van der Waals surface area contributed by atoms with E-state index in [1.165, 1.54) is 0 Å². The maximum Gasteiger partial charge on any atom is 0.328 e. The molecule has 98 valence electrons. The molecule has 5 heteroatoms. The number of carbonyl (C=O) groups excluding carboxylic acids is 2. The van der Waals surface area contributed by atoms with Gasteiger partial charge in [-0.25, -0.2) is 0 Å². The molecule has 2 amide bonds. The Balaban J connectivity index is 2.03. The highest BCUT2D eigenvalue weighted by Gasteiger charge is 2.15. The van der Waals surface area contributed by atoms with Gasteiger partial charge in [0.1, 0.15) is 0 Å². The van der Waals surface area contributed by atoms with E-state index in [0.29, 0.717) is 5.69 Å². The number of nitrogens with zero attached hydrogens (tertiary/aromatic N) is 1. The number of hydrogen-bond donors (Lipinski definition) is 2. The molecule has 0 atom stereocenters. The average Bonchev–Trinajstić information content (AvgIpc) is 2.71. The van der Waals surface area contributed by atoms with Crippen LogP contribution in [-0.4, -0.2) is 16.5 Å². The van der Waals surface area contributed by atoms with E-state index in [1.807, 2.05) is 32.0 Å². The lowest BCUT2D eigenvalue weighted by atomic mass is 10.3. The third-order valence-corrected chi connectivity index (χ3v) is 2.72. The molecule has 19 heavy (non-hydrogen) atoms. The normalized spacial score (nSPS) is 10.0. The minimum absolute atomic E-state index is 0.587. The number of benzene rings is 1. The van der Waals surface area contributed by atoms with Crippen LogP contribution < -0.4 is 10.7 Å². The molecule has 0 aliphatic rings. The van der Waals surface area contributed by atoms with E-state index in [1.54, 1.807) is 28.9 Å². The van der Waals surface area contributed by atoms with Crippen LogP contribution in [0.3, 0.4) is 0 Å². The Morgan fingerprint density at radius 1 is 0.895 bits per heavy atom. The molecule has 0 saturated carbocycles. The SMILES string of the molecule is Cc1ccc(C)n1NC(=O)C(=O)Nc1ccccc1. The van der Waals surface area contributed by atoms with Crippen molar-refractivity contribution in [2.75, 3.05) is 10.7 Å². The van der Waals surface area contributed by atoms with Crippen LogP contribution in [0.1, 0.15) is 11.4 Å². The van der Waals surface area contributed by atoms with Crippen molar-refractivity contribution in [3.05, 3.63) is 53.9 Å². The van der Waals surface area contributed by atoms with Crippen molar-refractivity contribution in [3.8, 4) is 0 Å². The summed E-state index contributed by atoms with van der Waals surface area (Å²) in [5, 5.41) is 2.53. The number of anilines is 1. The summed E-state index contributed by atoms with van der Waals surface area (Å²) in [5.41, 5.74) is 4.85. The van der Waals surface area contributed by atoms with Gasteiger partial charge < -0.3 is 5.32 Å². The summed E-state index contributed by atoms with van der Waals surface area (Å²) in [5.74, 6) is -1.40. The van der Waals surface area contributed by atoms with Crippen LogP contribution in [0.2, 0.25) is 0 Å². The van der Waals surface area contributed by atoms with Crippen molar-refractivity contribution >= 4 is 17.5 Å². The van der Waals surface area contributed by atoms with Gasteiger partial charge >= 0.3 is 11.8 Å². The van der Waals surface area contributed by atoms with Crippen LogP contribution in [0.25, 0.3) is 0 Å². The molecule has 0 aliphatic heterocycles. The maximum absolute atomic E-state index is 11.8. The van der Waals surface area contributed by atoms with Crippen LogP contribution in [0.4, 0.5) is 5.69 Å². The first kappa shape index (κ1) is 12.9. The van der Waals surface area contributed by atoms with E-state index in [2.05, 4.69) is 10.7 Å². The quantitative estimate of drug-likeness (QED) is 0.806. The Hall–Kier alpha value is -2.56. The maximum atomic E-state index is 11.8. The van der Waals surface area contributed by atoms with Crippen LogP contribution in [0, 0.1) is 13.8 Å². The predicted molar refractivity (Wildman–Crippen MR) is 73.3 cm³/mol. The van der Waals surface area contributed by atoms with Gasteiger partial charge in [0.15, 0.2) is 0 Å². The van der Waals surface area contributed by atoms with Crippen molar-refractivity contribution in [2.45, 2.75) is 13.8 Å². The van der Waals surface area contributed by atoms with Gasteiger partial charge in [-0.1, -0.05) is 18.2 Å². The van der Waals surface area contributed by atoms with E-state index in [0.717, 1.165) is 11.4 Å². The molecule has 5 nitrogen and oxygen atoms in total. The standard InChI is InChI=1S/C14H15N3O2/c1-10-8-9-11(2)17(10)16-14(19)13(18)15-12-6-4-3-5-7-12/h3-9H,1-2H3,(H,15,18)(H,16,19). The molecular weight excluding hydrogens is 242 g/mol. The van der Waals surface area contributed by atoms with Crippen molar-refractivity contribution < 1.29 is 9.59 Å². The van der Waals surface area contributed by atoms with Gasteiger partial charge in [-0.05, 0) is 38.1 Å². The Kier molecular flexibility index (Phi) is 3.66. The van der Waals surface area contributed by atoms with Crippen LogP contribution in [-0.2, 0) is 9.59 Å². The predicted octanol–water partition coefficient (Wildman–Crippen LogP) is 1.81. The lowest BCUT2D eigenvalue weighted by Crippen LogP contribution is -2.35. The first-order chi connectivity index (χ1) is 9.08. The number of para-hydroxylation sites is 1. The minimum atomic E-state index is -0.703. The Morgan fingerprint density at radius 3 is 2.05 bits per heavy atom. The average molecular weight is 257 g/mol. The smallest absolute Gasteiger partial charge is 0.318 e. The van der Waals surface area contributed by atoms with Crippen molar-refractivity contribution in [1.82, 2.24) is 4.68 Å². The summed E-state index contributed by atoms with van der Waals surface area (Å²) in [6.45, 7) is 3.70. The monoisotopic (exact) mass is 257 g/mol. The second kappa shape index (κ2) is 5.39. The molecule has 0 bridgehead atoms. The number of carbonyl (C=O) groups is 2. The number of hydrogen-bond acceptors (Lipinski definition) is 2. The van der Waals surface area contributed by atoms with E-state index in [4.69, 9.17) is 0 Å². The van der Waals surface area contributed by atoms with Gasteiger partial charge in [0, 0.05) is 17.1 Å². The summed E-state index contributed by atoms with van der Waals surface area (Å²) in [4.78, 5) is 23.5. The number of nitrogens with one attached hydrogen (secondary N) is 2. The summed E-state index contributed by atoms with van der Waals surface area (Å²) in [6.07, 6.45) is 0. The highest BCUT2D eigenvalue weighted by molar-refractivity contribution is 6.42. The van der Waals surface area contributed by atoms with E-state index < -0.39 is 11.8 Å². The molecule has 2 N–H and O–H groups in total. The molecular formula is C14H15N3O2. The zero-order chi connectivity index (χ0) is 13.8. The lowest BCUT2D eigenvalue weighted by molar-refractivity contribution is -0.133. The summed E-state index contributed by atoms with van der Waals surface area (Å²) in [6, 6.07) is 12.6. The van der Waals surface area contributed by atoms with E-state index in [9.17, 15) is 9.59 Å². The fourth-order valence-electron chi connectivity index (χ4n) is 1.71. The van der Waals surface area contributed by atoms with Crippen molar-refractivity contribution in [3.63, 3.8) is 0 Å². The van der Waals surface area contributed by atoms with Gasteiger partial charge in [-0.3, -0.25) is 19.7 Å². The van der Waals surface area contributed by atoms with Crippen LogP contribution in [0.5, 0.6) is 0 Å². The Labute approximate surface area is 111 Å². The molecule has 0 saturated heterocycles. The first-order valence-corrected chi connectivity index (χ1v) is 5.90. The second-order valence-electron chi connectivity index (χ2n) is 4.21. The van der Waals surface area contributed by atoms with Gasteiger partial charge in [0.2, 0.25) is 0 Å². The van der Waals surface area contributed by atoms with Crippen LogP contribution >= 0.6 is 0 Å². The summed E-state index contributed by atoms with van der Waals surface area (Å²) in [7, 11) is 0. The fourth-order valence-corrected chi connectivity index (χ4v) is 1.71. The molecule has 1 aromatic heterocycles.